The van der Waals surface area contributed by atoms with Crippen molar-refractivity contribution in [3.05, 3.63) is 11.9 Å². The normalized spacial score (nSPS) is 17.9. The first-order valence-electron chi connectivity index (χ1n) is 10.5. The van der Waals surface area contributed by atoms with Gasteiger partial charge in [-0.3, -0.25) is 0 Å². The molecule has 0 saturated carbocycles. The fourth-order valence-electron chi connectivity index (χ4n) is 3.52. The van der Waals surface area contributed by atoms with Crippen LogP contribution < -0.4 is 15.8 Å². The second-order valence-corrected chi connectivity index (χ2v) is 8.19. The van der Waals surface area contributed by atoms with Crippen LogP contribution in [0.15, 0.2) is 10.8 Å². The van der Waals surface area contributed by atoms with Crippen molar-refractivity contribution in [1.29, 1.82) is 0 Å². The highest BCUT2D eigenvalue weighted by molar-refractivity contribution is 5.89. The Bertz CT molecular complexity index is 1180. The van der Waals surface area contributed by atoms with E-state index < -0.39 is 5.60 Å². The minimum Gasteiger partial charge on any atom is -0.487 e. The Hall–Kier alpha value is -2.62. The predicted octanol–water partition coefficient (Wildman–Crippen LogP) is 1.81. The molecule has 0 bridgehead atoms. The van der Waals surface area contributed by atoms with Gasteiger partial charge in [-0.1, -0.05) is 5.92 Å². The zero-order valence-electron chi connectivity index (χ0n) is 19.4. The lowest BCUT2D eigenvalue weighted by Crippen LogP contribution is -2.45. The summed E-state index contributed by atoms with van der Waals surface area (Å²) in [5.74, 6) is 6.84. The summed E-state index contributed by atoms with van der Waals surface area (Å²) in [5, 5.41) is 20.9. The molecule has 0 aromatic carbocycles. The largest absolute Gasteiger partial charge is 0.487 e. The molecule has 0 radical (unpaired) electrons. The zero-order chi connectivity index (χ0) is 22.9. The Kier molecular flexibility index (Phi) is 9.10. The summed E-state index contributed by atoms with van der Waals surface area (Å²) < 4.78 is 18.7. The molecule has 1 aliphatic heterocycles. The molecule has 4 N–H and O–H groups in total. The number of nitrogens with one attached hydrogen (secondary N) is 1. The van der Waals surface area contributed by atoms with Gasteiger partial charge in [0.15, 0.2) is 23.1 Å². The third kappa shape index (κ3) is 5.89. The molecular weight excluding hydrogens is 485 g/mol. The Morgan fingerprint density at radius 2 is 2.09 bits per heavy atom. The van der Waals surface area contributed by atoms with E-state index in [0.717, 1.165) is 6.54 Å². The van der Waals surface area contributed by atoms with Gasteiger partial charge in [-0.2, -0.15) is 0 Å². The van der Waals surface area contributed by atoms with Gasteiger partial charge in [-0.25, -0.2) is 14.6 Å². The van der Waals surface area contributed by atoms with Crippen molar-refractivity contribution in [2.45, 2.75) is 52.0 Å². The summed E-state index contributed by atoms with van der Waals surface area (Å²) in [6.45, 7) is 9.61. The number of hydrogen-bond acceptors (Lipinski definition) is 10. The van der Waals surface area contributed by atoms with Crippen LogP contribution >= 0.6 is 24.8 Å². The average Bonchev–Trinajstić information content (AvgIpc) is 3.33. The minimum absolute atomic E-state index is 0. The molecule has 0 amide bonds. The summed E-state index contributed by atoms with van der Waals surface area (Å²) in [6.07, 6.45) is 1.64. The van der Waals surface area contributed by atoms with Gasteiger partial charge in [0.2, 0.25) is 0 Å². The SMILES string of the molecule is CCn1c(-c2nonc2N)nc2c(C#CC(C)(C)O)ncc(OC[C@@H]3CNCC(C)O3)c21.Cl.Cl. The van der Waals surface area contributed by atoms with Gasteiger partial charge in [0.05, 0.1) is 12.3 Å². The number of aryl methyl sites for hydroxylation is 1. The summed E-state index contributed by atoms with van der Waals surface area (Å²) in [5.41, 5.74) is 6.68. The molecule has 3 aromatic rings. The van der Waals surface area contributed by atoms with Crippen molar-refractivity contribution in [2.24, 2.45) is 0 Å². The molecule has 34 heavy (non-hydrogen) atoms. The number of halogens is 2. The van der Waals surface area contributed by atoms with Crippen molar-refractivity contribution in [3.8, 4) is 29.1 Å². The van der Waals surface area contributed by atoms with Crippen molar-refractivity contribution in [3.63, 3.8) is 0 Å². The van der Waals surface area contributed by atoms with Crippen LogP contribution in [0.1, 0.15) is 33.4 Å². The van der Waals surface area contributed by atoms with E-state index in [1.165, 1.54) is 0 Å². The van der Waals surface area contributed by atoms with E-state index in [0.29, 0.717) is 53.7 Å². The van der Waals surface area contributed by atoms with E-state index in [1.807, 2.05) is 18.4 Å². The molecule has 13 heteroatoms. The molecule has 0 aliphatic carbocycles. The lowest BCUT2D eigenvalue weighted by Gasteiger charge is -2.28. The number of aromatic nitrogens is 5. The number of fused-ring (bicyclic) bond motifs is 1. The van der Waals surface area contributed by atoms with Crippen molar-refractivity contribution >= 4 is 41.7 Å². The molecular formula is C21H29Cl2N7O4. The number of rotatable bonds is 5. The number of aliphatic hydroxyl groups is 1. The number of nitrogens with zero attached hydrogens (tertiary/aromatic N) is 5. The van der Waals surface area contributed by atoms with Crippen LogP contribution in [-0.4, -0.2) is 67.5 Å². The second-order valence-electron chi connectivity index (χ2n) is 8.19. The van der Waals surface area contributed by atoms with Gasteiger partial charge >= 0.3 is 0 Å². The summed E-state index contributed by atoms with van der Waals surface area (Å²) in [4.78, 5) is 9.15. The van der Waals surface area contributed by atoms with E-state index in [4.69, 9.17) is 24.8 Å². The van der Waals surface area contributed by atoms with Crippen molar-refractivity contribution in [1.82, 2.24) is 30.2 Å². The quantitative estimate of drug-likeness (QED) is 0.431. The van der Waals surface area contributed by atoms with Crippen LogP contribution in [0.4, 0.5) is 5.82 Å². The Balaban J connectivity index is 0.00000204. The molecule has 186 valence electrons. The van der Waals surface area contributed by atoms with Crippen LogP contribution in [0.25, 0.3) is 22.6 Å². The monoisotopic (exact) mass is 513 g/mol. The molecule has 4 heterocycles. The number of imidazole rings is 1. The number of ether oxygens (including phenoxy) is 2. The average molecular weight is 514 g/mol. The molecule has 2 atom stereocenters. The highest BCUT2D eigenvalue weighted by atomic mass is 35.5. The number of hydrogen-bond donors (Lipinski definition) is 3. The molecule has 3 aromatic heterocycles. The number of pyridine rings is 1. The van der Waals surface area contributed by atoms with Crippen LogP contribution in [0.2, 0.25) is 0 Å². The Morgan fingerprint density at radius 3 is 2.71 bits per heavy atom. The number of anilines is 1. The molecule has 11 nitrogen and oxygen atoms in total. The fraction of sp³-hybridized carbons (Fsp3) is 0.524. The smallest absolute Gasteiger partial charge is 0.199 e. The lowest BCUT2D eigenvalue weighted by atomic mass is 10.1. The van der Waals surface area contributed by atoms with E-state index in [1.54, 1.807) is 20.0 Å². The van der Waals surface area contributed by atoms with E-state index in [-0.39, 0.29) is 42.8 Å². The summed E-state index contributed by atoms with van der Waals surface area (Å²) in [6, 6.07) is 0. The third-order valence-corrected chi connectivity index (χ3v) is 4.92. The number of nitrogens with two attached hydrogens (primary N) is 1. The van der Waals surface area contributed by atoms with E-state index >= 15 is 0 Å². The first-order valence-corrected chi connectivity index (χ1v) is 10.5. The fourth-order valence-corrected chi connectivity index (χ4v) is 3.52. The summed E-state index contributed by atoms with van der Waals surface area (Å²) >= 11 is 0. The highest BCUT2D eigenvalue weighted by Crippen LogP contribution is 2.33. The molecule has 1 aliphatic rings. The highest BCUT2D eigenvalue weighted by Gasteiger charge is 2.25. The van der Waals surface area contributed by atoms with Gasteiger partial charge in [0.1, 0.15) is 35.0 Å². The maximum Gasteiger partial charge on any atom is 0.199 e. The maximum atomic E-state index is 10.0. The van der Waals surface area contributed by atoms with E-state index in [9.17, 15) is 5.11 Å². The Labute approximate surface area is 209 Å². The molecule has 0 spiro atoms. The van der Waals surface area contributed by atoms with Gasteiger partial charge in [0, 0.05) is 19.6 Å². The van der Waals surface area contributed by atoms with Crippen LogP contribution in [-0.2, 0) is 11.3 Å². The minimum atomic E-state index is -1.18. The predicted molar refractivity (Wildman–Crippen MR) is 131 cm³/mol. The standard InChI is InChI=1S/C21H27N7O4.2ClH/c1-5-28-18-15(30-11-13-9-23-8-12(2)31-13)10-24-14(6-7-21(3,4)29)16(18)25-20(28)17-19(22)27-32-26-17;;/h10,12-13,23,29H,5,8-9,11H2,1-4H3,(H2,22,27);2*1H/t12?,13-;;/m0../s1. The van der Waals surface area contributed by atoms with Crippen LogP contribution in [0.3, 0.4) is 0 Å². The van der Waals surface area contributed by atoms with Crippen LogP contribution in [0.5, 0.6) is 5.75 Å². The molecule has 1 unspecified atom stereocenters. The third-order valence-electron chi connectivity index (χ3n) is 4.92. The molecule has 1 fully saturated rings. The van der Waals surface area contributed by atoms with Crippen molar-refractivity contribution < 1.29 is 19.2 Å². The summed E-state index contributed by atoms with van der Waals surface area (Å²) in [7, 11) is 0. The van der Waals surface area contributed by atoms with Crippen molar-refractivity contribution in [2.75, 3.05) is 25.4 Å². The first-order chi connectivity index (χ1) is 15.3. The topological polar surface area (TPSA) is 146 Å². The number of morpholine rings is 1. The number of nitrogen functional groups attached to an aromatic ring is 1. The maximum absolute atomic E-state index is 10.0. The van der Waals surface area contributed by atoms with Gasteiger partial charge in [-0.15, -0.1) is 24.8 Å². The first kappa shape index (κ1) is 27.6. The lowest BCUT2D eigenvalue weighted by molar-refractivity contribution is -0.0469. The molecule has 1 saturated heterocycles. The zero-order valence-corrected chi connectivity index (χ0v) is 21.0. The molecule has 4 rings (SSSR count). The Morgan fingerprint density at radius 1 is 1.32 bits per heavy atom. The van der Waals surface area contributed by atoms with E-state index in [2.05, 4.69) is 32.5 Å². The second kappa shape index (κ2) is 11.2. The van der Waals surface area contributed by atoms with Crippen LogP contribution in [0, 0.1) is 11.8 Å². The van der Waals surface area contributed by atoms with Gasteiger partial charge in [0.25, 0.3) is 0 Å². The van der Waals surface area contributed by atoms with Gasteiger partial charge in [-0.05, 0) is 43.9 Å². The van der Waals surface area contributed by atoms with Gasteiger partial charge < -0.3 is 30.2 Å².